The first-order chi connectivity index (χ1) is 10.6. The number of nitrogens with zero attached hydrogens (tertiary/aromatic N) is 2. The molecule has 0 unspecified atom stereocenters. The molecule has 0 aliphatic heterocycles. The number of aliphatic hydroxyl groups excluding tert-OH is 1. The average molecular weight is 304 g/mol. The van der Waals surface area contributed by atoms with Crippen molar-refractivity contribution in [1.29, 1.82) is 0 Å². The zero-order valence-corrected chi connectivity index (χ0v) is 11.3. The predicted octanol–water partition coefficient (Wildman–Crippen LogP) is 3.45. The van der Waals surface area contributed by atoms with Crippen molar-refractivity contribution >= 4 is 0 Å². The van der Waals surface area contributed by atoms with Crippen LogP contribution in [0.3, 0.4) is 0 Å². The van der Waals surface area contributed by atoms with E-state index in [-0.39, 0.29) is 12.3 Å². The third-order valence-electron chi connectivity index (χ3n) is 3.23. The number of aromatic nitrogens is 2. The van der Waals surface area contributed by atoms with Crippen LogP contribution in [0.4, 0.5) is 13.2 Å². The largest absolute Gasteiger partial charge is 0.392 e. The maximum Gasteiger partial charge on any atom is 0.151 e. The molecule has 112 valence electrons. The molecule has 0 bridgehead atoms. The van der Waals surface area contributed by atoms with Crippen molar-refractivity contribution in [2.45, 2.75) is 6.61 Å². The molecule has 6 heteroatoms. The van der Waals surface area contributed by atoms with E-state index in [9.17, 15) is 18.3 Å². The minimum Gasteiger partial charge on any atom is -0.392 e. The van der Waals surface area contributed by atoms with Crippen molar-refractivity contribution in [1.82, 2.24) is 9.78 Å². The van der Waals surface area contributed by atoms with Crippen LogP contribution in [0.2, 0.25) is 0 Å². The highest BCUT2D eigenvalue weighted by molar-refractivity contribution is 5.63. The normalized spacial score (nSPS) is 10.9. The summed E-state index contributed by atoms with van der Waals surface area (Å²) < 4.78 is 41.0. The first kappa shape index (κ1) is 14.3. The number of benzene rings is 2. The third kappa shape index (κ3) is 2.60. The van der Waals surface area contributed by atoms with Gasteiger partial charge in [0.1, 0.15) is 17.3 Å². The molecule has 0 aliphatic carbocycles. The molecule has 3 aromatic rings. The van der Waals surface area contributed by atoms with Gasteiger partial charge in [-0.3, -0.25) is 0 Å². The lowest BCUT2D eigenvalue weighted by atomic mass is 10.1. The number of rotatable bonds is 3. The van der Waals surface area contributed by atoms with E-state index in [4.69, 9.17) is 0 Å². The first-order valence-electron chi connectivity index (χ1n) is 6.49. The molecular formula is C16H11F3N2O. The Morgan fingerprint density at radius 3 is 2.27 bits per heavy atom. The van der Waals surface area contributed by atoms with Crippen LogP contribution >= 0.6 is 0 Å². The zero-order chi connectivity index (χ0) is 15.7. The van der Waals surface area contributed by atoms with Crippen molar-refractivity contribution in [3.63, 3.8) is 0 Å². The summed E-state index contributed by atoms with van der Waals surface area (Å²) in [6.07, 6.45) is 1.45. The van der Waals surface area contributed by atoms with Crippen molar-refractivity contribution < 1.29 is 18.3 Å². The lowest BCUT2D eigenvalue weighted by Gasteiger charge is -2.03. The Morgan fingerprint density at radius 2 is 1.64 bits per heavy atom. The van der Waals surface area contributed by atoms with Gasteiger partial charge in [-0.2, -0.15) is 5.10 Å². The van der Waals surface area contributed by atoms with E-state index in [0.29, 0.717) is 16.8 Å². The van der Waals surface area contributed by atoms with Crippen LogP contribution in [0, 0.1) is 17.5 Å². The molecule has 2 aromatic carbocycles. The Hall–Kier alpha value is -2.60. The third-order valence-corrected chi connectivity index (χ3v) is 3.23. The highest BCUT2D eigenvalue weighted by Gasteiger charge is 2.14. The van der Waals surface area contributed by atoms with Crippen LogP contribution < -0.4 is 0 Å². The summed E-state index contributed by atoms with van der Waals surface area (Å²) in [7, 11) is 0. The van der Waals surface area contributed by atoms with Crippen LogP contribution in [-0.4, -0.2) is 14.9 Å². The molecule has 3 nitrogen and oxygen atoms in total. The SMILES string of the molecule is OCc1cn(-c2ccc(F)cc2F)nc1-c1ccc(F)cc1. The summed E-state index contributed by atoms with van der Waals surface area (Å²) in [5.74, 6) is -1.84. The summed E-state index contributed by atoms with van der Waals surface area (Å²) in [5.41, 5.74) is 1.51. The molecule has 0 fully saturated rings. The van der Waals surface area contributed by atoms with E-state index in [1.807, 2.05) is 0 Å². The minimum atomic E-state index is -0.766. The van der Waals surface area contributed by atoms with Gasteiger partial charge in [0.05, 0.1) is 12.3 Å². The molecule has 0 radical (unpaired) electrons. The summed E-state index contributed by atoms with van der Waals surface area (Å²) in [4.78, 5) is 0. The van der Waals surface area contributed by atoms with Gasteiger partial charge in [0, 0.05) is 23.4 Å². The van der Waals surface area contributed by atoms with E-state index in [1.165, 1.54) is 41.2 Å². The van der Waals surface area contributed by atoms with Gasteiger partial charge in [-0.15, -0.1) is 0 Å². The van der Waals surface area contributed by atoms with Crippen molar-refractivity contribution in [3.05, 3.63) is 71.7 Å². The Morgan fingerprint density at radius 1 is 0.955 bits per heavy atom. The van der Waals surface area contributed by atoms with Crippen LogP contribution in [-0.2, 0) is 6.61 Å². The van der Waals surface area contributed by atoms with Gasteiger partial charge in [-0.1, -0.05) is 0 Å². The molecule has 0 aliphatic rings. The smallest absolute Gasteiger partial charge is 0.151 e. The summed E-state index contributed by atoms with van der Waals surface area (Å²) in [6, 6.07) is 8.71. The summed E-state index contributed by atoms with van der Waals surface area (Å²) in [5, 5.41) is 13.6. The molecule has 1 heterocycles. The minimum absolute atomic E-state index is 0.0597. The molecule has 0 saturated carbocycles. The molecular weight excluding hydrogens is 293 g/mol. The monoisotopic (exact) mass is 304 g/mol. The van der Waals surface area contributed by atoms with E-state index in [0.717, 1.165) is 12.1 Å². The van der Waals surface area contributed by atoms with Gasteiger partial charge < -0.3 is 5.11 Å². The highest BCUT2D eigenvalue weighted by atomic mass is 19.1. The fourth-order valence-electron chi connectivity index (χ4n) is 2.17. The Bertz CT molecular complexity index is 813. The van der Waals surface area contributed by atoms with Crippen LogP contribution in [0.15, 0.2) is 48.7 Å². The number of hydrogen-bond acceptors (Lipinski definition) is 2. The van der Waals surface area contributed by atoms with Gasteiger partial charge in [0.2, 0.25) is 0 Å². The highest BCUT2D eigenvalue weighted by Crippen LogP contribution is 2.25. The fraction of sp³-hybridized carbons (Fsp3) is 0.0625. The van der Waals surface area contributed by atoms with Gasteiger partial charge in [-0.25, -0.2) is 17.9 Å². The second-order valence-electron chi connectivity index (χ2n) is 4.71. The van der Waals surface area contributed by atoms with Gasteiger partial charge >= 0.3 is 0 Å². The topological polar surface area (TPSA) is 38.0 Å². The van der Waals surface area contributed by atoms with Gasteiger partial charge in [-0.05, 0) is 36.4 Å². The molecule has 1 N–H and O–H groups in total. The predicted molar refractivity (Wildman–Crippen MR) is 74.8 cm³/mol. The van der Waals surface area contributed by atoms with Gasteiger partial charge in [0.25, 0.3) is 0 Å². The standard InChI is InChI=1S/C16H11F3N2O/c17-12-3-1-10(2-4-12)16-11(9-22)8-21(20-16)15-6-5-13(18)7-14(15)19/h1-8,22H,9H2. The maximum atomic E-state index is 13.8. The summed E-state index contributed by atoms with van der Waals surface area (Å²) in [6.45, 7) is -0.310. The van der Waals surface area contributed by atoms with E-state index >= 15 is 0 Å². The number of halogens is 3. The molecule has 0 amide bonds. The van der Waals surface area contributed by atoms with Crippen LogP contribution in [0.1, 0.15) is 5.56 Å². The average Bonchev–Trinajstić information content (AvgIpc) is 2.92. The second kappa shape index (κ2) is 5.65. The van der Waals surface area contributed by atoms with Crippen molar-refractivity contribution in [2.75, 3.05) is 0 Å². The quantitative estimate of drug-likeness (QED) is 0.805. The van der Waals surface area contributed by atoms with Crippen molar-refractivity contribution in [3.8, 4) is 16.9 Å². The lowest BCUT2D eigenvalue weighted by molar-refractivity contribution is 0.282. The Kier molecular flexibility index (Phi) is 3.68. The number of hydrogen-bond donors (Lipinski definition) is 1. The number of aliphatic hydroxyl groups is 1. The molecule has 3 rings (SSSR count). The summed E-state index contributed by atoms with van der Waals surface area (Å²) >= 11 is 0. The Labute approximate surface area is 124 Å². The maximum absolute atomic E-state index is 13.8. The molecule has 22 heavy (non-hydrogen) atoms. The van der Waals surface area contributed by atoms with E-state index in [2.05, 4.69) is 5.10 Å². The van der Waals surface area contributed by atoms with E-state index in [1.54, 1.807) is 0 Å². The first-order valence-corrected chi connectivity index (χ1v) is 6.49. The van der Waals surface area contributed by atoms with Crippen LogP contribution in [0.25, 0.3) is 16.9 Å². The zero-order valence-electron chi connectivity index (χ0n) is 11.3. The molecule has 1 aromatic heterocycles. The lowest BCUT2D eigenvalue weighted by Crippen LogP contribution is -1.99. The molecule has 0 atom stereocenters. The van der Waals surface area contributed by atoms with Gasteiger partial charge in [0.15, 0.2) is 5.82 Å². The van der Waals surface area contributed by atoms with Crippen molar-refractivity contribution in [2.24, 2.45) is 0 Å². The van der Waals surface area contributed by atoms with Crippen LogP contribution in [0.5, 0.6) is 0 Å². The second-order valence-corrected chi connectivity index (χ2v) is 4.71. The fourth-order valence-corrected chi connectivity index (χ4v) is 2.17. The van der Waals surface area contributed by atoms with E-state index < -0.39 is 17.5 Å². The Balaban J connectivity index is 2.10. The molecule has 0 saturated heterocycles. The molecule has 0 spiro atoms.